The van der Waals surface area contributed by atoms with E-state index in [1.807, 2.05) is 25.1 Å². The first kappa shape index (κ1) is 13.2. The maximum atomic E-state index is 6.02. The lowest BCUT2D eigenvalue weighted by Crippen LogP contribution is -2.07. The van der Waals surface area contributed by atoms with Crippen molar-refractivity contribution in [1.82, 2.24) is 9.78 Å². The van der Waals surface area contributed by atoms with Crippen LogP contribution >= 0.6 is 27.5 Å². The van der Waals surface area contributed by atoms with E-state index in [0.717, 1.165) is 21.5 Å². The van der Waals surface area contributed by atoms with Crippen LogP contribution in [0.2, 0.25) is 5.02 Å². The normalized spacial score (nSPS) is 10.7. The molecule has 18 heavy (non-hydrogen) atoms. The van der Waals surface area contributed by atoms with Gasteiger partial charge in [0.05, 0.1) is 19.3 Å². The number of hydrogen-bond donors (Lipinski definition) is 1. The van der Waals surface area contributed by atoms with Gasteiger partial charge in [-0.1, -0.05) is 27.5 Å². The van der Waals surface area contributed by atoms with E-state index in [2.05, 4.69) is 21.0 Å². The highest BCUT2D eigenvalue weighted by atomic mass is 79.9. The van der Waals surface area contributed by atoms with Crippen LogP contribution in [0.5, 0.6) is 5.75 Å². The van der Waals surface area contributed by atoms with E-state index < -0.39 is 0 Å². The molecule has 2 rings (SSSR count). The van der Waals surface area contributed by atoms with Gasteiger partial charge in [0, 0.05) is 10.0 Å². The first-order chi connectivity index (χ1) is 8.52. The highest BCUT2D eigenvalue weighted by molar-refractivity contribution is 9.10. The Balaban J connectivity index is 2.39. The monoisotopic (exact) mass is 329 g/mol. The average Bonchev–Trinajstić information content (AvgIpc) is 2.57. The average molecular weight is 331 g/mol. The number of aromatic nitrogens is 2. The highest BCUT2D eigenvalue weighted by Crippen LogP contribution is 2.27. The minimum absolute atomic E-state index is 0.469. The maximum Gasteiger partial charge on any atom is 0.141 e. The van der Waals surface area contributed by atoms with Crippen LogP contribution < -0.4 is 10.5 Å². The molecule has 0 bridgehead atoms. The molecule has 1 aromatic heterocycles. The zero-order chi connectivity index (χ0) is 13.3. The third kappa shape index (κ3) is 2.47. The summed E-state index contributed by atoms with van der Waals surface area (Å²) in [5.41, 5.74) is 7.61. The Morgan fingerprint density at radius 3 is 2.78 bits per heavy atom. The van der Waals surface area contributed by atoms with Gasteiger partial charge in [-0.05, 0) is 25.1 Å². The standard InChI is InChI=1S/C12H13BrClN3O/c1-7-11(14)12(15)17(16-7)6-8-5-9(13)3-4-10(8)18-2/h3-5H,6,15H2,1-2H3. The quantitative estimate of drug-likeness (QED) is 0.940. The Kier molecular flexibility index (Phi) is 3.82. The summed E-state index contributed by atoms with van der Waals surface area (Å²) in [6, 6.07) is 5.80. The molecule has 0 atom stereocenters. The molecule has 0 aliphatic heterocycles. The number of benzene rings is 1. The molecule has 0 spiro atoms. The number of methoxy groups -OCH3 is 1. The summed E-state index contributed by atoms with van der Waals surface area (Å²) in [7, 11) is 1.64. The lowest BCUT2D eigenvalue weighted by Gasteiger charge is -2.10. The van der Waals surface area contributed by atoms with Crippen LogP contribution in [0.25, 0.3) is 0 Å². The fourth-order valence-corrected chi connectivity index (χ4v) is 2.27. The molecule has 6 heteroatoms. The molecule has 0 saturated carbocycles. The van der Waals surface area contributed by atoms with Gasteiger partial charge in [-0.15, -0.1) is 0 Å². The number of nitrogen functional groups attached to an aromatic ring is 1. The van der Waals surface area contributed by atoms with E-state index >= 15 is 0 Å². The largest absolute Gasteiger partial charge is 0.496 e. The molecule has 96 valence electrons. The molecular formula is C12H13BrClN3O. The fraction of sp³-hybridized carbons (Fsp3) is 0.250. The van der Waals surface area contributed by atoms with Crippen molar-refractivity contribution in [3.63, 3.8) is 0 Å². The number of ether oxygens (including phenoxy) is 1. The summed E-state index contributed by atoms with van der Waals surface area (Å²) in [6.45, 7) is 2.34. The van der Waals surface area contributed by atoms with Gasteiger partial charge in [-0.2, -0.15) is 5.10 Å². The zero-order valence-electron chi connectivity index (χ0n) is 10.1. The van der Waals surface area contributed by atoms with E-state index in [1.54, 1.807) is 11.8 Å². The third-order valence-electron chi connectivity index (χ3n) is 2.65. The van der Waals surface area contributed by atoms with Gasteiger partial charge in [0.25, 0.3) is 0 Å². The minimum atomic E-state index is 0.469. The Morgan fingerprint density at radius 1 is 1.50 bits per heavy atom. The Bertz CT molecular complexity index is 583. The Labute approximate surface area is 119 Å². The van der Waals surface area contributed by atoms with Crippen LogP contribution in [0.4, 0.5) is 5.82 Å². The van der Waals surface area contributed by atoms with Crippen molar-refractivity contribution >= 4 is 33.3 Å². The van der Waals surface area contributed by atoms with Crippen molar-refractivity contribution in [3.8, 4) is 5.75 Å². The van der Waals surface area contributed by atoms with Crippen LogP contribution in [0, 0.1) is 6.92 Å². The second kappa shape index (κ2) is 5.20. The molecule has 0 amide bonds. The molecule has 0 radical (unpaired) electrons. The van der Waals surface area contributed by atoms with Crippen molar-refractivity contribution in [1.29, 1.82) is 0 Å². The van der Waals surface area contributed by atoms with Gasteiger partial charge in [0.1, 0.15) is 16.6 Å². The summed E-state index contributed by atoms with van der Waals surface area (Å²) < 4.78 is 7.96. The van der Waals surface area contributed by atoms with Crippen LogP contribution in [0.15, 0.2) is 22.7 Å². The van der Waals surface area contributed by atoms with E-state index in [1.165, 1.54) is 0 Å². The van der Waals surface area contributed by atoms with Gasteiger partial charge in [-0.25, -0.2) is 4.68 Å². The van der Waals surface area contributed by atoms with Crippen molar-refractivity contribution < 1.29 is 4.74 Å². The Morgan fingerprint density at radius 2 is 2.22 bits per heavy atom. The number of nitrogens with two attached hydrogens (primary N) is 1. The summed E-state index contributed by atoms with van der Waals surface area (Å²) in [5.74, 6) is 1.26. The van der Waals surface area contributed by atoms with E-state index in [-0.39, 0.29) is 0 Å². The summed E-state index contributed by atoms with van der Waals surface area (Å²) >= 11 is 9.46. The maximum absolute atomic E-state index is 6.02. The number of aryl methyl sites for hydroxylation is 1. The molecule has 1 aromatic carbocycles. The molecule has 0 saturated heterocycles. The predicted octanol–water partition coefficient (Wildman–Crippen LogP) is 3.25. The number of halogens is 2. The topological polar surface area (TPSA) is 53.1 Å². The number of nitrogens with zero attached hydrogens (tertiary/aromatic N) is 2. The third-order valence-corrected chi connectivity index (χ3v) is 3.61. The molecule has 2 aromatic rings. The van der Waals surface area contributed by atoms with Crippen molar-refractivity contribution in [2.75, 3.05) is 12.8 Å². The fourth-order valence-electron chi connectivity index (χ4n) is 1.73. The molecule has 0 aliphatic carbocycles. The number of hydrogen-bond acceptors (Lipinski definition) is 3. The van der Waals surface area contributed by atoms with E-state index in [0.29, 0.717) is 17.4 Å². The van der Waals surface area contributed by atoms with Crippen molar-refractivity contribution in [2.24, 2.45) is 0 Å². The van der Waals surface area contributed by atoms with Gasteiger partial charge < -0.3 is 10.5 Å². The first-order valence-corrected chi connectivity index (χ1v) is 6.51. The Hall–Kier alpha value is -1.20. The van der Waals surface area contributed by atoms with Gasteiger partial charge in [-0.3, -0.25) is 0 Å². The molecule has 1 heterocycles. The van der Waals surface area contributed by atoms with Crippen LogP contribution in [0.3, 0.4) is 0 Å². The second-order valence-electron chi connectivity index (χ2n) is 3.90. The molecule has 4 nitrogen and oxygen atoms in total. The zero-order valence-corrected chi connectivity index (χ0v) is 12.4. The van der Waals surface area contributed by atoms with Crippen LogP contribution in [-0.4, -0.2) is 16.9 Å². The van der Waals surface area contributed by atoms with Crippen molar-refractivity contribution in [2.45, 2.75) is 13.5 Å². The van der Waals surface area contributed by atoms with Gasteiger partial charge in [0.15, 0.2) is 0 Å². The van der Waals surface area contributed by atoms with Gasteiger partial charge in [0.2, 0.25) is 0 Å². The van der Waals surface area contributed by atoms with E-state index in [9.17, 15) is 0 Å². The summed E-state index contributed by atoms with van der Waals surface area (Å²) in [6.07, 6.45) is 0. The molecule has 0 fully saturated rings. The molecule has 0 unspecified atom stereocenters. The lowest BCUT2D eigenvalue weighted by atomic mass is 10.2. The first-order valence-electron chi connectivity index (χ1n) is 5.33. The van der Waals surface area contributed by atoms with E-state index in [4.69, 9.17) is 22.1 Å². The summed E-state index contributed by atoms with van der Waals surface area (Å²) in [5, 5.41) is 4.80. The molecule has 2 N–H and O–H groups in total. The number of anilines is 1. The lowest BCUT2D eigenvalue weighted by molar-refractivity contribution is 0.407. The van der Waals surface area contributed by atoms with Crippen LogP contribution in [0.1, 0.15) is 11.3 Å². The van der Waals surface area contributed by atoms with Crippen molar-refractivity contribution in [3.05, 3.63) is 39.0 Å². The highest BCUT2D eigenvalue weighted by Gasteiger charge is 2.12. The molecule has 0 aliphatic rings. The number of rotatable bonds is 3. The predicted molar refractivity (Wildman–Crippen MR) is 76.2 cm³/mol. The second-order valence-corrected chi connectivity index (χ2v) is 5.19. The van der Waals surface area contributed by atoms with Crippen LogP contribution in [-0.2, 0) is 6.54 Å². The van der Waals surface area contributed by atoms with Gasteiger partial charge >= 0.3 is 0 Å². The SMILES string of the molecule is COc1ccc(Br)cc1Cn1nc(C)c(Cl)c1N. The smallest absolute Gasteiger partial charge is 0.141 e. The molecular weight excluding hydrogens is 318 g/mol. The summed E-state index contributed by atoms with van der Waals surface area (Å²) in [4.78, 5) is 0. The minimum Gasteiger partial charge on any atom is -0.496 e.